The number of carbonyl (C=O) groups is 1. The minimum Gasteiger partial charge on any atom is -0.495 e. The van der Waals surface area contributed by atoms with Gasteiger partial charge in [0, 0.05) is 40.3 Å². The summed E-state index contributed by atoms with van der Waals surface area (Å²) < 4.78 is 5.53. The second-order valence-corrected chi connectivity index (χ2v) is 9.04. The molecule has 1 aromatic rings. The smallest absolute Gasteiger partial charge is 0.230 e. The third-order valence-corrected chi connectivity index (χ3v) is 6.57. The minimum absolute atomic E-state index is 0.216. The zero-order chi connectivity index (χ0) is 22.3. The molecule has 1 atom stereocenters. The number of carbonyl (C=O) groups excluding carboxylic acids is 1. The first-order valence-electron chi connectivity index (χ1n) is 11.6. The number of aliphatic imine (C=N–C) groups is 1. The van der Waals surface area contributed by atoms with Crippen molar-refractivity contribution in [2.45, 2.75) is 39.0 Å². The van der Waals surface area contributed by atoms with E-state index in [9.17, 15) is 4.79 Å². The second kappa shape index (κ2) is 10.7. The molecule has 0 radical (unpaired) electrons. The molecule has 1 aliphatic heterocycles. The summed E-state index contributed by atoms with van der Waals surface area (Å²) in [5, 5.41) is 6.89. The highest BCUT2D eigenvalue weighted by Crippen LogP contribution is 2.39. The summed E-state index contributed by atoms with van der Waals surface area (Å²) in [6.45, 7) is 6.32. The van der Waals surface area contributed by atoms with Gasteiger partial charge >= 0.3 is 0 Å². The van der Waals surface area contributed by atoms with Crippen LogP contribution in [0.5, 0.6) is 5.75 Å². The van der Waals surface area contributed by atoms with Gasteiger partial charge in [-0.25, -0.2) is 0 Å². The van der Waals surface area contributed by atoms with E-state index < -0.39 is 0 Å². The summed E-state index contributed by atoms with van der Waals surface area (Å²) >= 11 is 0. The Balaban J connectivity index is 1.59. The van der Waals surface area contributed by atoms with Crippen LogP contribution in [-0.2, 0) is 4.79 Å². The fraction of sp³-hybridized carbons (Fsp3) is 0.667. The fourth-order valence-corrected chi connectivity index (χ4v) is 4.89. The maximum atomic E-state index is 12.8. The molecule has 2 aliphatic rings. The second-order valence-electron chi connectivity index (χ2n) is 9.04. The van der Waals surface area contributed by atoms with Crippen LogP contribution in [0.2, 0.25) is 0 Å². The van der Waals surface area contributed by atoms with Gasteiger partial charge < -0.3 is 25.2 Å². The van der Waals surface area contributed by atoms with Crippen molar-refractivity contribution in [1.29, 1.82) is 0 Å². The Morgan fingerprint density at radius 3 is 2.68 bits per heavy atom. The standard InChI is InChI=1S/C24H39N5O2/c1-5-25-23(27-18-24(13-8-9-14-24)22(30)28(2)3)26-16-19-12-15-29(17-19)20-10-6-7-11-21(20)31-4/h6-7,10-11,19H,5,8-9,12-18H2,1-4H3,(H2,25,26,27). The van der Waals surface area contributed by atoms with E-state index in [-0.39, 0.29) is 11.3 Å². The van der Waals surface area contributed by atoms with Gasteiger partial charge in [-0.1, -0.05) is 25.0 Å². The summed E-state index contributed by atoms with van der Waals surface area (Å²) in [6.07, 6.45) is 5.22. The normalized spacial score (nSPS) is 20.6. The van der Waals surface area contributed by atoms with Crippen LogP contribution in [0.3, 0.4) is 0 Å². The quantitative estimate of drug-likeness (QED) is 0.491. The molecule has 0 spiro atoms. The maximum Gasteiger partial charge on any atom is 0.230 e. The molecule has 2 fully saturated rings. The van der Waals surface area contributed by atoms with Gasteiger partial charge in [-0.15, -0.1) is 0 Å². The predicted octanol–water partition coefficient (Wildman–Crippen LogP) is 2.73. The van der Waals surface area contributed by atoms with Crippen molar-refractivity contribution in [2.24, 2.45) is 16.3 Å². The first-order chi connectivity index (χ1) is 15.0. The molecule has 7 heteroatoms. The van der Waals surface area contributed by atoms with Gasteiger partial charge in [0.25, 0.3) is 0 Å². The van der Waals surface area contributed by atoms with Crippen molar-refractivity contribution in [3.8, 4) is 5.75 Å². The van der Waals surface area contributed by atoms with E-state index in [0.29, 0.717) is 12.5 Å². The Morgan fingerprint density at radius 2 is 2.00 bits per heavy atom. The highest BCUT2D eigenvalue weighted by molar-refractivity contribution is 5.84. The van der Waals surface area contributed by atoms with Crippen molar-refractivity contribution in [1.82, 2.24) is 15.5 Å². The molecule has 7 nitrogen and oxygen atoms in total. The molecular formula is C24H39N5O2. The lowest BCUT2D eigenvalue weighted by Gasteiger charge is -2.29. The van der Waals surface area contributed by atoms with Crippen LogP contribution in [0, 0.1) is 11.3 Å². The number of benzene rings is 1. The van der Waals surface area contributed by atoms with E-state index in [1.165, 1.54) is 5.69 Å². The summed E-state index contributed by atoms with van der Waals surface area (Å²) in [7, 11) is 5.43. The number of nitrogens with zero attached hydrogens (tertiary/aromatic N) is 3. The van der Waals surface area contributed by atoms with Crippen LogP contribution in [-0.4, -0.2) is 70.7 Å². The van der Waals surface area contributed by atoms with Crippen LogP contribution in [0.4, 0.5) is 5.69 Å². The molecular weight excluding hydrogens is 390 g/mol. The van der Waals surface area contributed by atoms with Gasteiger partial charge in [0.15, 0.2) is 5.96 Å². The van der Waals surface area contributed by atoms with Gasteiger partial charge in [0.2, 0.25) is 5.91 Å². The van der Waals surface area contributed by atoms with Crippen LogP contribution in [0.15, 0.2) is 29.3 Å². The van der Waals surface area contributed by atoms with Crippen molar-refractivity contribution in [3.05, 3.63) is 24.3 Å². The molecule has 1 heterocycles. The predicted molar refractivity (Wildman–Crippen MR) is 127 cm³/mol. The van der Waals surface area contributed by atoms with E-state index in [0.717, 1.165) is 70.0 Å². The average Bonchev–Trinajstić information content (AvgIpc) is 3.45. The molecule has 1 unspecified atom stereocenters. The average molecular weight is 430 g/mol. The number of para-hydroxylation sites is 2. The summed E-state index contributed by atoms with van der Waals surface area (Å²) in [5.41, 5.74) is 0.832. The van der Waals surface area contributed by atoms with Gasteiger partial charge in [-0.2, -0.15) is 0 Å². The van der Waals surface area contributed by atoms with Gasteiger partial charge in [-0.05, 0) is 44.2 Å². The van der Waals surface area contributed by atoms with Crippen LogP contribution in [0.25, 0.3) is 0 Å². The lowest BCUT2D eigenvalue weighted by Crippen LogP contribution is -2.44. The molecule has 0 aromatic heterocycles. The van der Waals surface area contributed by atoms with Crippen LogP contribution < -0.4 is 20.3 Å². The number of amides is 1. The van der Waals surface area contributed by atoms with Crippen molar-refractivity contribution < 1.29 is 9.53 Å². The molecule has 1 amide bonds. The molecule has 172 valence electrons. The van der Waals surface area contributed by atoms with Crippen molar-refractivity contribution >= 4 is 17.6 Å². The monoisotopic (exact) mass is 429 g/mol. The molecule has 3 rings (SSSR count). The number of rotatable bonds is 8. The first-order valence-corrected chi connectivity index (χ1v) is 11.6. The van der Waals surface area contributed by atoms with E-state index in [4.69, 9.17) is 9.73 Å². The number of hydrogen-bond donors (Lipinski definition) is 2. The van der Waals surface area contributed by atoms with E-state index in [1.807, 2.05) is 26.2 Å². The first kappa shape index (κ1) is 23.2. The fourth-order valence-electron chi connectivity index (χ4n) is 4.89. The molecule has 0 bridgehead atoms. The zero-order valence-corrected chi connectivity index (χ0v) is 19.6. The third-order valence-electron chi connectivity index (χ3n) is 6.57. The lowest BCUT2D eigenvalue weighted by atomic mass is 9.85. The molecule has 2 N–H and O–H groups in total. The van der Waals surface area contributed by atoms with Gasteiger partial charge in [-0.3, -0.25) is 9.79 Å². The third kappa shape index (κ3) is 5.63. The highest BCUT2D eigenvalue weighted by atomic mass is 16.5. The van der Waals surface area contributed by atoms with Crippen LogP contribution >= 0.6 is 0 Å². The maximum absolute atomic E-state index is 12.8. The molecule has 1 saturated heterocycles. The Hall–Kier alpha value is -2.44. The number of hydrogen-bond acceptors (Lipinski definition) is 4. The van der Waals surface area contributed by atoms with Crippen LogP contribution in [0.1, 0.15) is 39.0 Å². The highest BCUT2D eigenvalue weighted by Gasteiger charge is 2.42. The molecule has 1 aromatic carbocycles. The number of nitrogens with one attached hydrogen (secondary N) is 2. The number of guanidine groups is 1. The number of ether oxygens (including phenoxy) is 1. The Labute approximate surface area is 187 Å². The molecule has 31 heavy (non-hydrogen) atoms. The van der Waals surface area contributed by atoms with E-state index >= 15 is 0 Å². The summed E-state index contributed by atoms with van der Waals surface area (Å²) in [4.78, 5) is 21.8. The Morgan fingerprint density at radius 1 is 1.26 bits per heavy atom. The van der Waals surface area contributed by atoms with Crippen molar-refractivity contribution in [2.75, 3.05) is 58.8 Å². The summed E-state index contributed by atoms with van der Waals surface area (Å²) in [6, 6.07) is 8.22. The van der Waals surface area contributed by atoms with Crippen molar-refractivity contribution in [3.63, 3.8) is 0 Å². The topological polar surface area (TPSA) is 69.2 Å². The Bertz CT molecular complexity index is 758. The SMILES string of the molecule is CCNC(=NCC1(C(=O)N(C)C)CCCC1)NCC1CCN(c2ccccc2OC)C1. The zero-order valence-electron chi connectivity index (χ0n) is 19.6. The minimum atomic E-state index is -0.333. The summed E-state index contributed by atoms with van der Waals surface area (Å²) in [5.74, 6) is 2.50. The molecule has 1 saturated carbocycles. The number of methoxy groups -OCH3 is 1. The van der Waals surface area contributed by atoms with Gasteiger partial charge in [0.05, 0.1) is 24.8 Å². The van der Waals surface area contributed by atoms with E-state index in [1.54, 1.807) is 12.0 Å². The molecule has 1 aliphatic carbocycles. The number of anilines is 1. The Kier molecular flexibility index (Phi) is 8.04. The van der Waals surface area contributed by atoms with Gasteiger partial charge in [0.1, 0.15) is 5.75 Å². The largest absolute Gasteiger partial charge is 0.495 e. The van der Waals surface area contributed by atoms with E-state index in [2.05, 4.69) is 34.6 Å². The lowest BCUT2D eigenvalue weighted by molar-refractivity contribution is -0.138.